The Kier molecular flexibility index (Phi) is 10.2. The average molecular weight is 290 g/mol. The Hall–Kier alpha value is -0.820. The minimum atomic E-state index is 0.473. The Morgan fingerprint density at radius 1 is 0.810 bits per heavy atom. The maximum Gasteiger partial charge on any atom is 0.0291 e. The molecule has 0 spiro atoms. The molecule has 0 saturated carbocycles. The highest BCUT2D eigenvalue weighted by Gasteiger charge is 2.04. The topological polar surface area (TPSA) is 12.0 Å². The van der Waals surface area contributed by atoms with Crippen LogP contribution in [0.5, 0.6) is 0 Å². The van der Waals surface area contributed by atoms with Gasteiger partial charge in [-0.3, -0.25) is 0 Å². The molecular formula is C20H35N. The lowest BCUT2D eigenvalue weighted by molar-refractivity contribution is 0.527. The van der Waals surface area contributed by atoms with E-state index in [9.17, 15) is 0 Å². The van der Waals surface area contributed by atoms with E-state index in [1.54, 1.807) is 0 Å². The lowest BCUT2D eigenvalue weighted by atomic mass is 10.0. The quantitative estimate of drug-likeness (QED) is 0.462. The van der Waals surface area contributed by atoms with Gasteiger partial charge in [-0.05, 0) is 43.9 Å². The second kappa shape index (κ2) is 11.8. The van der Waals surface area contributed by atoms with E-state index in [0.717, 1.165) is 6.54 Å². The molecule has 0 aliphatic carbocycles. The van der Waals surface area contributed by atoms with Crippen LogP contribution in [0.15, 0.2) is 24.3 Å². The average Bonchev–Trinajstić information content (AvgIpc) is 2.52. The van der Waals surface area contributed by atoms with Crippen molar-refractivity contribution in [2.45, 2.75) is 84.6 Å². The summed E-state index contributed by atoms with van der Waals surface area (Å²) in [6.07, 6.45) is 12.0. The fourth-order valence-corrected chi connectivity index (χ4v) is 2.70. The van der Waals surface area contributed by atoms with Gasteiger partial charge in [0.25, 0.3) is 0 Å². The summed E-state index contributed by atoms with van der Waals surface area (Å²) in [4.78, 5) is 0. The lowest BCUT2D eigenvalue weighted by Gasteiger charge is -2.15. The molecule has 1 aromatic rings. The third-order valence-electron chi connectivity index (χ3n) is 4.28. The third kappa shape index (κ3) is 8.26. The molecule has 0 heterocycles. The molecule has 1 aromatic carbocycles. The van der Waals surface area contributed by atoms with E-state index in [4.69, 9.17) is 0 Å². The summed E-state index contributed by atoms with van der Waals surface area (Å²) in [6, 6.07) is 9.66. The number of aryl methyl sites for hydroxylation is 1. The molecule has 1 atom stereocenters. The van der Waals surface area contributed by atoms with Gasteiger partial charge in [0.2, 0.25) is 0 Å². The first-order valence-corrected chi connectivity index (χ1v) is 9.10. The van der Waals surface area contributed by atoms with Crippen LogP contribution < -0.4 is 5.32 Å². The van der Waals surface area contributed by atoms with E-state index in [0.29, 0.717) is 6.04 Å². The summed E-state index contributed by atoms with van der Waals surface area (Å²) >= 11 is 0. The first-order chi connectivity index (χ1) is 10.3. The maximum atomic E-state index is 3.65. The molecule has 1 N–H and O–H groups in total. The maximum absolute atomic E-state index is 3.65. The Balaban J connectivity index is 2.17. The SMILES string of the molecule is CCCCCCCCNC(C)c1ccc(CCCC)cc1. The van der Waals surface area contributed by atoms with E-state index in [1.807, 2.05) is 0 Å². The summed E-state index contributed by atoms with van der Waals surface area (Å²) in [6.45, 7) is 7.95. The van der Waals surface area contributed by atoms with E-state index in [2.05, 4.69) is 50.4 Å². The largest absolute Gasteiger partial charge is 0.310 e. The highest BCUT2D eigenvalue weighted by Crippen LogP contribution is 2.15. The molecule has 0 bridgehead atoms. The predicted molar refractivity (Wildman–Crippen MR) is 94.8 cm³/mol. The number of rotatable bonds is 12. The zero-order valence-electron chi connectivity index (χ0n) is 14.5. The van der Waals surface area contributed by atoms with Crippen molar-refractivity contribution in [3.63, 3.8) is 0 Å². The van der Waals surface area contributed by atoms with Crippen molar-refractivity contribution in [2.75, 3.05) is 6.54 Å². The van der Waals surface area contributed by atoms with Crippen molar-refractivity contribution >= 4 is 0 Å². The highest BCUT2D eigenvalue weighted by atomic mass is 14.9. The monoisotopic (exact) mass is 289 g/mol. The van der Waals surface area contributed by atoms with Gasteiger partial charge >= 0.3 is 0 Å². The van der Waals surface area contributed by atoms with E-state index < -0.39 is 0 Å². The molecule has 21 heavy (non-hydrogen) atoms. The first kappa shape index (κ1) is 18.2. The number of hydrogen-bond donors (Lipinski definition) is 1. The van der Waals surface area contributed by atoms with E-state index >= 15 is 0 Å². The molecule has 0 radical (unpaired) electrons. The van der Waals surface area contributed by atoms with Gasteiger partial charge in [-0.25, -0.2) is 0 Å². The zero-order valence-corrected chi connectivity index (χ0v) is 14.5. The van der Waals surface area contributed by atoms with Crippen molar-refractivity contribution < 1.29 is 0 Å². The highest BCUT2D eigenvalue weighted by molar-refractivity contribution is 5.24. The van der Waals surface area contributed by atoms with Gasteiger partial charge in [0, 0.05) is 6.04 Å². The van der Waals surface area contributed by atoms with Crippen LogP contribution in [0.25, 0.3) is 0 Å². The van der Waals surface area contributed by atoms with Crippen LogP contribution in [0, 0.1) is 0 Å². The molecule has 1 nitrogen and oxygen atoms in total. The molecule has 0 aromatic heterocycles. The summed E-state index contributed by atoms with van der Waals surface area (Å²) in [5.41, 5.74) is 2.89. The molecular weight excluding hydrogens is 254 g/mol. The Bertz CT molecular complexity index is 341. The Morgan fingerprint density at radius 2 is 1.43 bits per heavy atom. The van der Waals surface area contributed by atoms with Crippen molar-refractivity contribution in [3.8, 4) is 0 Å². The van der Waals surface area contributed by atoms with Crippen molar-refractivity contribution in [2.24, 2.45) is 0 Å². The van der Waals surface area contributed by atoms with Crippen molar-refractivity contribution in [1.82, 2.24) is 5.32 Å². The minimum Gasteiger partial charge on any atom is -0.310 e. The summed E-state index contributed by atoms with van der Waals surface area (Å²) < 4.78 is 0. The van der Waals surface area contributed by atoms with Crippen LogP contribution in [0.2, 0.25) is 0 Å². The standard InChI is InChI=1S/C20H35N/c1-4-6-8-9-10-11-17-21-18(3)20-15-13-19(14-16-20)12-7-5-2/h13-16,18,21H,4-12,17H2,1-3H3. The molecule has 0 aliphatic heterocycles. The van der Waals surface area contributed by atoms with Gasteiger partial charge in [0.15, 0.2) is 0 Å². The van der Waals surface area contributed by atoms with Crippen LogP contribution in [-0.4, -0.2) is 6.54 Å². The molecule has 0 amide bonds. The van der Waals surface area contributed by atoms with Crippen LogP contribution in [0.4, 0.5) is 0 Å². The molecule has 1 unspecified atom stereocenters. The van der Waals surface area contributed by atoms with Crippen LogP contribution in [0.3, 0.4) is 0 Å². The predicted octanol–water partition coefficient (Wildman–Crippen LogP) is 6.04. The molecule has 0 fully saturated rings. The van der Waals surface area contributed by atoms with Crippen molar-refractivity contribution in [1.29, 1.82) is 0 Å². The summed E-state index contributed by atoms with van der Waals surface area (Å²) in [5, 5.41) is 3.65. The molecule has 1 rings (SSSR count). The van der Waals surface area contributed by atoms with E-state index in [1.165, 1.54) is 68.9 Å². The van der Waals surface area contributed by atoms with Gasteiger partial charge in [-0.1, -0.05) is 76.6 Å². The zero-order chi connectivity index (χ0) is 15.3. The third-order valence-corrected chi connectivity index (χ3v) is 4.28. The molecule has 120 valence electrons. The first-order valence-electron chi connectivity index (χ1n) is 9.10. The number of unbranched alkanes of at least 4 members (excludes halogenated alkanes) is 6. The fourth-order valence-electron chi connectivity index (χ4n) is 2.70. The molecule has 0 aliphatic rings. The fraction of sp³-hybridized carbons (Fsp3) is 0.700. The Morgan fingerprint density at radius 3 is 2.10 bits per heavy atom. The minimum absolute atomic E-state index is 0.473. The number of benzene rings is 1. The van der Waals surface area contributed by atoms with Crippen LogP contribution >= 0.6 is 0 Å². The smallest absolute Gasteiger partial charge is 0.0291 e. The van der Waals surface area contributed by atoms with Crippen LogP contribution in [-0.2, 0) is 6.42 Å². The van der Waals surface area contributed by atoms with Gasteiger partial charge in [0.1, 0.15) is 0 Å². The van der Waals surface area contributed by atoms with Crippen molar-refractivity contribution in [3.05, 3.63) is 35.4 Å². The normalized spacial score (nSPS) is 12.5. The van der Waals surface area contributed by atoms with Gasteiger partial charge in [-0.2, -0.15) is 0 Å². The van der Waals surface area contributed by atoms with Gasteiger partial charge in [-0.15, -0.1) is 0 Å². The van der Waals surface area contributed by atoms with Gasteiger partial charge < -0.3 is 5.32 Å². The number of nitrogens with one attached hydrogen (secondary N) is 1. The van der Waals surface area contributed by atoms with E-state index in [-0.39, 0.29) is 0 Å². The summed E-state index contributed by atoms with van der Waals surface area (Å²) in [5.74, 6) is 0. The van der Waals surface area contributed by atoms with Gasteiger partial charge in [0.05, 0.1) is 0 Å². The second-order valence-electron chi connectivity index (χ2n) is 6.29. The lowest BCUT2D eigenvalue weighted by Crippen LogP contribution is -2.19. The second-order valence-corrected chi connectivity index (χ2v) is 6.29. The number of hydrogen-bond acceptors (Lipinski definition) is 1. The van der Waals surface area contributed by atoms with Crippen LogP contribution in [0.1, 0.15) is 89.3 Å². The molecule has 1 heteroatoms. The summed E-state index contributed by atoms with van der Waals surface area (Å²) in [7, 11) is 0. The Labute approximate surface area is 132 Å². The molecule has 0 saturated heterocycles.